The zero-order chi connectivity index (χ0) is 11.5. The third kappa shape index (κ3) is 3.06. The lowest BCUT2D eigenvalue weighted by molar-refractivity contribution is 0.281. The van der Waals surface area contributed by atoms with Gasteiger partial charge in [0.15, 0.2) is 0 Å². The molecular weight excluding hydrogens is 198 g/mol. The first-order chi connectivity index (χ1) is 7.69. The van der Waals surface area contributed by atoms with E-state index in [1.54, 1.807) is 0 Å². The molecule has 1 aromatic rings. The molecule has 2 unspecified atom stereocenters. The number of hydrogen-bond acceptors (Lipinski definition) is 2. The lowest BCUT2D eigenvalue weighted by Gasteiger charge is -2.16. The molecule has 2 atom stereocenters. The van der Waals surface area contributed by atoms with Gasteiger partial charge in [0, 0.05) is 13.1 Å². The van der Waals surface area contributed by atoms with Crippen LogP contribution in [0.2, 0.25) is 0 Å². The first-order valence-corrected chi connectivity index (χ1v) is 6.06. The van der Waals surface area contributed by atoms with Crippen LogP contribution in [0.1, 0.15) is 24.5 Å². The van der Waals surface area contributed by atoms with Crippen molar-refractivity contribution in [2.75, 3.05) is 13.6 Å². The van der Waals surface area contributed by atoms with Gasteiger partial charge in [-0.15, -0.1) is 0 Å². The number of benzene rings is 1. The van der Waals surface area contributed by atoms with Crippen molar-refractivity contribution in [3.8, 4) is 0 Å². The summed E-state index contributed by atoms with van der Waals surface area (Å²) in [5.41, 5.74) is 2.32. The third-order valence-corrected chi connectivity index (χ3v) is 3.48. The minimum Gasteiger partial charge on any atom is -0.392 e. The van der Waals surface area contributed by atoms with Crippen LogP contribution in [0.25, 0.3) is 0 Å². The zero-order valence-electron chi connectivity index (χ0n) is 10.2. The van der Waals surface area contributed by atoms with E-state index in [-0.39, 0.29) is 6.61 Å². The van der Waals surface area contributed by atoms with Crippen LogP contribution < -0.4 is 0 Å². The highest BCUT2D eigenvalue weighted by atomic mass is 16.3. The molecule has 2 heteroatoms. The maximum atomic E-state index is 8.96. The highest BCUT2D eigenvalue weighted by Crippen LogP contribution is 2.38. The van der Waals surface area contributed by atoms with Gasteiger partial charge in [0.25, 0.3) is 0 Å². The number of rotatable bonds is 5. The van der Waals surface area contributed by atoms with Crippen molar-refractivity contribution in [2.45, 2.75) is 26.5 Å². The summed E-state index contributed by atoms with van der Waals surface area (Å²) in [7, 11) is 2.19. The van der Waals surface area contributed by atoms with E-state index in [1.165, 1.54) is 18.5 Å². The molecule has 0 bridgehead atoms. The van der Waals surface area contributed by atoms with E-state index in [4.69, 9.17) is 5.11 Å². The summed E-state index contributed by atoms with van der Waals surface area (Å²) in [6.07, 6.45) is 1.40. The van der Waals surface area contributed by atoms with E-state index in [2.05, 4.69) is 31.0 Å². The molecule has 0 heterocycles. The molecule has 2 rings (SSSR count). The maximum absolute atomic E-state index is 8.96. The van der Waals surface area contributed by atoms with Crippen LogP contribution in [0.3, 0.4) is 0 Å². The normalized spacial score (nSPS) is 23.8. The van der Waals surface area contributed by atoms with Crippen LogP contribution in [0.15, 0.2) is 24.3 Å². The Morgan fingerprint density at radius 1 is 1.25 bits per heavy atom. The van der Waals surface area contributed by atoms with E-state index < -0.39 is 0 Å². The predicted molar refractivity (Wildman–Crippen MR) is 66.0 cm³/mol. The molecule has 2 nitrogen and oxygen atoms in total. The molecule has 1 N–H and O–H groups in total. The molecule has 0 aromatic heterocycles. The van der Waals surface area contributed by atoms with Crippen molar-refractivity contribution in [2.24, 2.45) is 11.8 Å². The Kier molecular flexibility index (Phi) is 3.62. The SMILES string of the molecule is CC1CC1CN(C)Cc1ccc(CO)cc1. The van der Waals surface area contributed by atoms with Gasteiger partial charge in [-0.25, -0.2) is 0 Å². The van der Waals surface area contributed by atoms with Gasteiger partial charge in [-0.3, -0.25) is 0 Å². The van der Waals surface area contributed by atoms with Crippen LogP contribution >= 0.6 is 0 Å². The van der Waals surface area contributed by atoms with Gasteiger partial charge in [0.05, 0.1) is 6.61 Å². The number of aliphatic hydroxyl groups excluding tert-OH is 1. The average Bonchev–Trinajstić information content (AvgIpc) is 2.95. The molecule has 0 saturated heterocycles. The molecular formula is C14H21NO. The van der Waals surface area contributed by atoms with Crippen LogP contribution in [0.4, 0.5) is 0 Å². The second-order valence-corrected chi connectivity index (χ2v) is 5.14. The molecule has 88 valence electrons. The van der Waals surface area contributed by atoms with Gasteiger partial charge in [0.2, 0.25) is 0 Å². The summed E-state index contributed by atoms with van der Waals surface area (Å²) in [5, 5.41) is 8.96. The van der Waals surface area contributed by atoms with E-state index in [1.807, 2.05) is 12.1 Å². The second kappa shape index (κ2) is 4.98. The summed E-state index contributed by atoms with van der Waals surface area (Å²) >= 11 is 0. The molecule has 0 amide bonds. The molecule has 16 heavy (non-hydrogen) atoms. The quantitative estimate of drug-likeness (QED) is 0.821. The van der Waals surface area contributed by atoms with Crippen LogP contribution in [-0.2, 0) is 13.2 Å². The summed E-state index contributed by atoms with van der Waals surface area (Å²) in [5.74, 6) is 1.85. The van der Waals surface area contributed by atoms with Crippen molar-refractivity contribution in [3.05, 3.63) is 35.4 Å². The molecule has 1 saturated carbocycles. The first kappa shape index (κ1) is 11.6. The predicted octanol–water partition coefficient (Wildman–Crippen LogP) is 2.27. The third-order valence-electron chi connectivity index (χ3n) is 3.48. The summed E-state index contributed by atoms with van der Waals surface area (Å²) in [4.78, 5) is 2.39. The van der Waals surface area contributed by atoms with Crippen molar-refractivity contribution >= 4 is 0 Å². The van der Waals surface area contributed by atoms with Crippen molar-refractivity contribution < 1.29 is 5.11 Å². The Labute approximate surface area is 97.9 Å². The number of nitrogens with zero attached hydrogens (tertiary/aromatic N) is 1. The van der Waals surface area contributed by atoms with E-state index in [9.17, 15) is 0 Å². The molecule has 0 aliphatic heterocycles. The van der Waals surface area contributed by atoms with Gasteiger partial charge in [0.1, 0.15) is 0 Å². The van der Waals surface area contributed by atoms with E-state index in [0.29, 0.717) is 0 Å². The fourth-order valence-corrected chi connectivity index (χ4v) is 2.18. The largest absolute Gasteiger partial charge is 0.392 e. The van der Waals surface area contributed by atoms with E-state index >= 15 is 0 Å². The second-order valence-electron chi connectivity index (χ2n) is 5.14. The van der Waals surface area contributed by atoms with Gasteiger partial charge in [-0.1, -0.05) is 31.2 Å². The highest BCUT2D eigenvalue weighted by molar-refractivity contribution is 5.21. The monoisotopic (exact) mass is 219 g/mol. The summed E-state index contributed by atoms with van der Waals surface area (Å²) in [6, 6.07) is 8.22. The highest BCUT2D eigenvalue weighted by Gasteiger charge is 2.32. The van der Waals surface area contributed by atoms with Crippen LogP contribution in [0, 0.1) is 11.8 Å². The summed E-state index contributed by atoms with van der Waals surface area (Å²) in [6.45, 7) is 4.68. The lowest BCUT2D eigenvalue weighted by atomic mass is 10.1. The number of hydrogen-bond donors (Lipinski definition) is 1. The topological polar surface area (TPSA) is 23.5 Å². The Bertz CT molecular complexity index is 333. The lowest BCUT2D eigenvalue weighted by Crippen LogP contribution is -2.20. The molecule has 1 aliphatic carbocycles. The zero-order valence-corrected chi connectivity index (χ0v) is 10.2. The molecule has 1 aliphatic rings. The minimum absolute atomic E-state index is 0.135. The fourth-order valence-electron chi connectivity index (χ4n) is 2.18. The smallest absolute Gasteiger partial charge is 0.0681 e. The fraction of sp³-hybridized carbons (Fsp3) is 0.571. The molecule has 0 spiro atoms. The first-order valence-electron chi connectivity index (χ1n) is 6.06. The van der Waals surface area contributed by atoms with Gasteiger partial charge >= 0.3 is 0 Å². The van der Waals surface area contributed by atoms with Gasteiger partial charge in [-0.05, 0) is 36.4 Å². The molecule has 1 fully saturated rings. The van der Waals surface area contributed by atoms with Crippen molar-refractivity contribution in [1.29, 1.82) is 0 Å². The minimum atomic E-state index is 0.135. The van der Waals surface area contributed by atoms with Crippen LogP contribution in [-0.4, -0.2) is 23.6 Å². The van der Waals surface area contributed by atoms with E-state index in [0.717, 1.165) is 23.9 Å². The average molecular weight is 219 g/mol. The Morgan fingerprint density at radius 2 is 1.81 bits per heavy atom. The Morgan fingerprint density at radius 3 is 2.31 bits per heavy atom. The van der Waals surface area contributed by atoms with Gasteiger partial charge < -0.3 is 10.0 Å². The summed E-state index contributed by atoms with van der Waals surface area (Å²) < 4.78 is 0. The van der Waals surface area contributed by atoms with Crippen molar-refractivity contribution in [1.82, 2.24) is 4.90 Å². The standard InChI is InChI=1S/C14H21NO/c1-11-7-14(11)9-15(2)8-12-3-5-13(10-16)6-4-12/h3-6,11,14,16H,7-10H2,1-2H3. The van der Waals surface area contributed by atoms with Crippen molar-refractivity contribution in [3.63, 3.8) is 0 Å². The Balaban J connectivity index is 1.83. The number of aliphatic hydroxyl groups is 1. The van der Waals surface area contributed by atoms with Crippen LogP contribution in [0.5, 0.6) is 0 Å². The van der Waals surface area contributed by atoms with Gasteiger partial charge in [-0.2, -0.15) is 0 Å². The molecule has 0 radical (unpaired) electrons. The Hall–Kier alpha value is -0.860. The molecule has 1 aromatic carbocycles. The maximum Gasteiger partial charge on any atom is 0.0681 e.